The zero-order valence-electron chi connectivity index (χ0n) is 16.3. The van der Waals surface area contributed by atoms with Crippen molar-refractivity contribution in [2.24, 2.45) is 0 Å². The summed E-state index contributed by atoms with van der Waals surface area (Å²) in [6, 6.07) is 23.5. The van der Waals surface area contributed by atoms with Gasteiger partial charge in [0.2, 0.25) is 0 Å². The molecule has 0 amide bonds. The van der Waals surface area contributed by atoms with Crippen LogP contribution in [0.1, 0.15) is 12.5 Å². The van der Waals surface area contributed by atoms with E-state index in [4.69, 9.17) is 27.9 Å². The van der Waals surface area contributed by atoms with Crippen molar-refractivity contribution in [1.29, 1.82) is 0 Å². The molecule has 0 spiro atoms. The van der Waals surface area contributed by atoms with Crippen LogP contribution in [0.15, 0.2) is 78.0 Å². The largest absolute Gasteiger partial charge is 0.494 e. The van der Waals surface area contributed by atoms with Crippen LogP contribution in [-0.2, 0) is 5.75 Å². The molecular formula is C23H19Cl2N3OS. The minimum atomic E-state index is 0.623. The summed E-state index contributed by atoms with van der Waals surface area (Å²) < 4.78 is 7.64. The van der Waals surface area contributed by atoms with Crippen molar-refractivity contribution >= 4 is 35.0 Å². The molecule has 1 heterocycles. The predicted molar refractivity (Wildman–Crippen MR) is 124 cm³/mol. The maximum atomic E-state index is 6.35. The van der Waals surface area contributed by atoms with Gasteiger partial charge in [-0.15, -0.1) is 10.2 Å². The Balaban J connectivity index is 1.70. The summed E-state index contributed by atoms with van der Waals surface area (Å²) in [5, 5.41) is 11.0. The van der Waals surface area contributed by atoms with E-state index < -0.39 is 0 Å². The first-order valence-electron chi connectivity index (χ1n) is 9.46. The van der Waals surface area contributed by atoms with Gasteiger partial charge in [-0.1, -0.05) is 71.4 Å². The van der Waals surface area contributed by atoms with Gasteiger partial charge in [0.1, 0.15) is 5.75 Å². The van der Waals surface area contributed by atoms with E-state index in [1.165, 1.54) is 0 Å². The van der Waals surface area contributed by atoms with Gasteiger partial charge in [0.25, 0.3) is 0 Å². The summed E-state index contributed by atoms with van der Waals surface area (Å²) in [5.74, 6) is 2.27. The standard InChI is InChI=1S/C23H19Cl2N3OS/c1-2-29-20-12-10-19(11-13-20)28-22(16-6-4-3-5-7-16)26-27-23(28)30-15-17-8-9-18(24)14-21(17)25/h3-14H,2,15H2,1H3. The highest BCUT2D eigenvalue weighted by Gasteiger charge is 2.17. The lowest BCUT2D eigenvalue weighted by molar-refractivity contribution is 0.340. The number of nitrogens with zero attached hydrogens (tertiary/aromatic N) is 3. The molecule has 3 aromatic carbocycles. The van der Waals surface area contributed by atoms with Crippen LogP contribution in [0, 0.1) is 0 Å². The number of rotatable bonds is 7. The second-order valence-electron chi connectivity index (χ2n) is 6.46. The van der Waals surface area contributed by atoms with Gasteiger partial charge in [-0.2, -0.15) is 0 Å². The molecule has 0 radical (unpaired) electrons. The molecule has 4 aromatic rings. The van der Waals surface area contributed by atoms with Gasteiger partial charge >= 0.3 is 0 Å². The van der Waals surface area contributed by atoms with E-state index in [1.54, 1.807) is 17.8 Å². The maximum Gasteiger partial charge on any atom is 0.196 e. The Morgan fingerprint density at radius 1 is 0.933 bits per heavy atom. The third-order valence-electron chi connectivity index (χ3n) is 4.44. The molecule has 30 heavy (non-hydrogen) atoms. The van der Waals surface area contributed by atoms with Gasteiger partial charge in [-0.25, -0.2) is 0 Å². The Morgan fingerprint density at radius 2 is 1.70 bits per heavy atom. The van der Waals surface area contributed by atoms with Crippen LogP contribution in [0.25, 0.3) is 17.1 Å². The van der Waals surface area contributed by atoms with Gasteiger partial charge in [0, 0.05) is 27.0 Å². The van der Waals surface area contributed by atoms with Crippen LogP contribution in [-0.4, -0.2) is 21.4 Å². The minimum Gasteiger partial charge on any atom is -0.494 e. The Bertz CT molecular complexity index is 1130. The van der Waals surface area contributed by atoms with Crippen molar-refractivity contribution in [2.75, 3.05) is 6.61 Å². The first-order valence-corrected chi connectivity index (χ1v) is 11.2. The third kappa shape index (κ3) is 4.64. The molecule has 0 saturated heterocycles. The Labute approximate surface area is 189 Å². The van der Waals surface area contributed by atoms with Crippen LogP contribution < -0.4 is 4.74 Å². The molecule has 1 aromatic heterocycles. The molecule has 0 fully saturated rings. The predicted octanol–water partition coefficient (Wildman–Crippen LogP) is 6.93. The zero-order valence-corrected chi connectivity index (χ0v) is 18.6. The molecule has 7 heteroatoms. The molecule has 0 aliphatic rings. The molecule has 0 unspecified atom stereocenters. The van der Waals surface area contributed by atoms with Gasteiger partial charge in [-0.05, 0) is 48.9 Å². The van der Waals surface area contributed by atoms with E-state index in [2.05, 4.69) is 14.8 Å². The summed E-state index contributed by atoms with van der Waals surface area (Å²) in [6.45, 7) is 2.60. The molecule has 0 bridgehead atoms. The third-order valence-corrected chi connectivity index (χ3v) is 6.01. The van der Waals surface area contributed by atoms with Crippen LogP contribution >= 0.6 is 35.0 Å². The smallest absolute Gasteiger partial charge is 0.196 e. The lowest BCUT2D eigenvalue weighted by Crippen LogP contribution is -2.00. The second-order valence-corrected chi connectivity index (χ2v) is 8.25. The Morgan fingerprint density at radius 3 is 2.40 bits per heavy atom. The topological polar surface area (TPSA) is 39.9 Å². The molecule has 0 atom stereocenters. The van der Waals surface area contributed by atoms with Gasteiger partial charge in [-0.3, -0.25) is 4.57 Å². The van der Waals surface area contributed by atoms with Crippen molar-refractivity contribution in [3.05, 3.63) is 88.4 Å². The lowest BCUT2D eigenvalue weighted by Gasteiger charge is -2.12. The summed E-state index contributed by atoms with van der Waals surface area (Å²) in [6.07, 6.45) is 0. The van der Waals surface area contributed by atoms with Crippen molar-refractivity contribution in [2.45, 2.75) is 17.8 Å². The molecule has 0 aliphatic carbocycles. The number of thioether (sulfide) groups is 1. The minimum absolute atomic E-state index is 0.623. The highest BCUT2D eigenvalue weighted by Crippen LogP contribution is 2.32. The molecule has 4 nitrogen and oxygen atoms in total. The second kappa shape index (κ2) is 9.56. The van der Waals surface area contributed by atoms with Crippen LogP contribution in [0.3, 0.4) is 0 Å². The number of halogens is 2. The van der Waals surface area contributed by atoms with Crippen molar-refractivity contribution < 1.29 is 4.74 Å². The Hall–Kier alpha value is -2.47. The van der Waals surface area contributed by atoms with E-state index in [0.29, 0.717) is 22.4 Å². The summed E-state index contributed by atoms with van der Waals surface area (Å²) in [7, 11) is 0. The Kier molecular flexibility index (Phi) is 6.62. The van der Waals surface area contributed by atoms with E-state index in [1.807, 2.05) is 73.7 Å². The number of hydrogen-bond donors (Lipinski definition) is 0. The first kappa shape index (κ1) is 20.8. The van der Waals surface area contributed by atoms with E-state index in [0.717, 1.165) is 33.5 Å². The fraction of sp³-hybridized carbons (Fsp3) is 0.130. The number of hydrogen-bond acceptors (Lipinski definition) is 4. The monoisotopic (exact) mass is 455 g/mol. The highest BCUT2D eigenvalue weighted by atomic mass is 35.5. The average molecular weight is 456 g/mol. The van der Waals surface area contributed by atoms with Crippen LogP contribution in [0.4, 0.5) is 0 Å². The molecule has 0 aliphatic heterocycles. The van der Waals surface area contributed by atoms with Crippen LogP contribution in [0.5, 0.6) is 5.75 Å². The molecule has 0 N–H and O–H groups in total. The number of ether oxygens (including phenoxy) is 1. The normalized spacial score (nSPS) is 10.9. The quantitative estimate of drug-likeness (QED) is 0.283. The molecule has 4 rings (SSSR count). The summed E-state index contributed by atoms with van der Waals surface area (Å²) in [4.78, 5) is 0. The lowest BCUT2D eigenvalue weighted by atomic mass is 10.2. The fourth-order valence-electron chi connectivity index (χ4n) is 3.01. The summed E-state index contributed by atoms with van der Waals surface area (Å²) >= 11 is 13.9. The van der Waals surface area contributed by atoms with E-state index >= 15 is 0 Å². The number of benzene rings is 3. The SMILES string of the molecule is CCOc1ccc(-n2c(SCc3ccc(Cl)cc3Cl)nnc2-c2ccccc2)cc1. The van der Waals surface area contributed by atoms with Gasteiger partial charge in [0.15, 0.2) is 11.0 Å². The molecule has 152 valence electrons. The van der Waals surface area contributed by atoms with Gasteiger partial charge < -0.3 is 4.74 Å². The summed E-state index contributed by atoms with van der Waals surface area (Å²) in [5.41, 5.74) is 2.95. The first-order chi connectivity index (χ1) is 14.7. The van der Waals surface area contributed by atoms with Crippen molar-refractivity contribution in [3.8, 4) is 22.8 Å². The van der Waals surface area contributed by atoms with Crippen molar-refractivity contribution in [3.63, 3.8) is 0 Å². The van der Waals surface area contributed by atoms with E-state index in [-0.39, 0.29) is 0 Å². The van der Waals surface area contributed by atoms with E-state index in [9.17, 15) is 0 Å². The van der Waals surface area contributed by atoms with Crippen LogP contribution in [0.2, 0.25) is 10.0 Å². The maximum absolute atomic E-state index is 6.35. The molecular weight excluding hydrogens is 437 g/mol. The fourth-order valence-corrected chi connectivity index (χ4v) is 4.52. The van der Waals surface area contributed by atoms with Gasteiger partial charge in [0.05, 0.1) is 6.61 Å². The zero-order chi connectivity index (χ0) is 20.9. The average Bonchev–Trinajstić information content (AvgIpc) is 3.18. The van der Waals surface area contributed by atoms with Crippen molar-refractivity contribution in [1.82, 2.24) is 14.8 Å². The highest BCUT2D eigenvalue weighted by molar-refractivity contribution is 7.98. The number of aromatic nitrogens is 3. The molecule has 0 saturated carbocycles.